The molecule has 1 rings (SSSR count). The molecule has 0 saturated heterocycles. The Balaban J connectivity index is 2.94. The number of nitrogens with zero attached hydrogens (tertiary/aromatic N) is 1. The maximum absolute atomic E-state index is 5.52. The fourth-order valence-corrected chi connectivity index (χ4v) is 0.755. The molecule has 0 fully saturated rings. The summed E-state index contributed by atoms with van der Waals surface area (Å²) in [5, 5.41) is 0. The molecule has 47 valence electrons. The van der Waals surface area contributed by atoms with E-state index in [0.717, 1.165) is 11.4 Å². The Hall–Kier alpha value is -0.560. The van der Waals surface area contributed by atoms with Gasteiger partial charge in [-0.25, -0.2) is 0 Å². The highest BCUT2D eigenvalue weighted by Crippen LogP contribution is 1.99. The predicted molar refractivity (Wildman–Crippen MR) is 37.4 cm³/mol. The smallest absolute Gasteiger partial charge is 0.0647 e. The minimum atomic E-state index is 0.470. The fourth-order valence-electron chi connectivity index (χ4n) is 0.618. The van der Waals surface area contributed by atoms with E-state index in [1.807, 2.05) is 13.0 Å². The van der Waals surface area contributed by atoms with Crippen molar-refractivity contribution in [2.24, 2.45) is 0 Å². The van der Waals surface area contributed by atoms with E-state index in [9.17, 15) is 0 Å². The predicted octanol–water partition coefficient (Wildman–Crippen LogP) is 1.93. The molecule has 1 aromatic rings. The van der Waals surface area contributed by atoms with Crippen molar-refractivity contribution in [1.29, 1.82) is 0 Å². The largest absolute Gasteiger partial charge is 0.257 e. The Morgan fingerprint density at radius 2 is 2.44 bits per heavy atom. The van der Waals surface area contributed by atoms with Gasteiger partial charge in [0.2, 0.25) is 0 Å². The summed E-state index contributed by atoms with van der Waals surface area (Å²) in [5.74, 6) is 0.470. The van der Waals surface area contributed by atoms with Crippen molar-refractivity contribution in [2.45, 2.75) is 12.8 Å². The quantitative estimate of drug-likeness (QED) is 0.544. The molecular formula is C7H7ClN. The molecule has 0 N–H and O–H groups in total. The Kier molecular flexibility index (Phi) is 2.06. The first-order valence-electron chi connectivity index (χ1n) is 2.72. The summed E-state index contributed by atoms with van der Waals surface area (Å²) in [5.41, 5.74) is 1.85. The summed E-state index contributed by atoms with van der Waals surface area (Å²) in [6.45, 7) is 1.92. The third-order valence-electron chi connectivity index (χ3n) is 0.999. The van der Waals surface area contributed by atoms with Crippen LogP contribution in [0.15, 0.2) is 12.1 Å². The molecule has 0 saturated carbocycles. The van der Waals surface area contributed by atoms with Crippen molar-refractivity contribution in [3.63, 3.8) is 0 Å². The van der Waals surface area contributed by atoms with Crippen molar-refractivity contribution in [1.82, 2.24) is 4.98 Å². The number of rotatable bonds is 1. The van der Waals surface area contributed by atoms with E-state index in [2.05, 4.69) is 11.1 Å². The lowest BCUT2D eigenvalue weighted by atomic mass is 10.3. The lowest BCUT2D eigenvalue weighted by Crippen LogP contribution is -1.86. The molecule has 2 heteroatoms. The molecule has 0 atom stereocenters. The molecule has 0 aliphatic rings. The zero-order valence-electron chi connectivity index (χ0n) is 5.19. The second-order valence-corrected chi connectivity index (χ2v) is 2.10. The third-order valence-corrected chi connectivity index (χ3v) is 1.27. The molecule has 0 aliphatic heterocycles. The molecule has 0 spiro atoms. The number of hydrogen-bond donors (Lipinski definition) is 0. The van der Waals surface area contributed by atoms with Gasteiger partial charge < -0.3 is 0 Å². The van der Waals surface area contributed by atoms with Crippen molar-refractivity contribution in [3.05, 3.63) is 29.6 Å². The number of alkyl halides is 1. The van der Waals surface area contributed by atoms with Gasteiger partial charge in [-0.2, -0.15) is 0 Å². The van der Waals surface area contributed by atoms with Crippen LogP contribution in [0.2, 0.25) is 0 Å². The van der Waals surface area contributed by atoms with Crippen LogP contribution in [-0.4, -0.2) is 4.98 Å². The topological polar surface area (TPSA) is 12.9 Å². The highest BCUT2D eigenvalue weighted by atomic mass is 35.5. The summed E-state index contributed by atoms with van der Waals surface area (Å²) >= 11 is 5.52. The van der Waals surface area contributed by atoms with Crippen LogP contribution in [0.25, 0.3) is 0 Å². The van der Waals surface area contributed by atoms with Crippen molar-refractivity contribution < 1.29 is 0 Å². The zero-order valence-corrected chi connectivity index (χ0v) is 5.94. The molecule has 0 amide bonds. The summed E-state index contributed by atoms with van der Waals surface area (Å²) in [4.78, 5) is 4.13. The van der Waals surface area contributed by atoms with Crippen LogP contribution in [-0.2, 0) is 5.88 Å². The van der Waals surface area contributed by atoms with Gasteiger partial charge in [0.15, 0.2) is 0 Å². The summed E-state index contributed by atoms with van der Waals surface area (Å²) < 4.78 is 0. The molecule has 0 bridgehead atoms. The van der Waals surface area contributed by atoms with E-state index >= 15 is 0 Å². The van der Waals surface area contributed by atoms with Gasteiger partial charge in [-0.15, -0.1) is 11.6 Å². The minimum Gasteiger partial charge on any atom is -0.257 e. The maximum atomic E-state index is 5.52. The monoisotopic (exact) mass is 140 g/mol. The van der Waals surface area contributed by atoms with Crippen molar-refractivity contribution in [3.8, 4) is 0 Å². The molecule has 0 aromatic carbocycles. The number of pyridine rings is 1. The van der Waals surface area contributed by atoms with Crippen LogP contribution in [0.3, 0.4) is 0 Å². The van der Waals surface area contributed by atoms with E-state index in [0.29, 0.717) is 5.88 Å². The molecule has 1 heterocycles. The van der Waals surface area contributed by atoms with Gasteiger partial charge in [0.25, 0.3) is 0 Å². The van der Waals surface area contributed by atoms with Crippen LogP contribution >= 0.6 is 11.6 Å². The van der Waals surface area contributed by atoms with E-state index in [4.69, 9.17) is 11.6 Å². The molecule has 1 radical (unpaired) electrons. The number of hydrogen-bond acceptors (Lipinski definition) is 1. The fraction of sp³-hybridized carbons (Fsp3) is 0.286. The summed E-state index contributed by atoms with van der Waals surface area (Å²) in [6.07, 6.45) is 0. The van der Waals surface area contributed by atoms with E-state index in [-0.39, 0.29) is 0 Å². The van der Waals surface area contributed by atoms with Crippen LogP contribution < -0.4 is 0 Å². The molecular weight excluding hydrogens is 134 g/mol. The maximum Gasteiger partial charge on any atom is 0.0647 e. The Bertz CT molecular complexity index is 198. The van der Waals surface area contributed by atoms with E-state index in [1.165, 1.54) is 0 Å². The average Bonchev–Trinajstić information content (AvgIpc) is 1.88. The average molecular weight is 141 g/mol. The third kappa shape index (κ3) is 1.68. The van der Waals surface area contributed by atoms with Crippen LogP contribution in [0, 0.1) is 13.0 Å². The Morgan fingerprint density at radius 1 is 1.67 bits per heavy atom. The highest BCUT2D eigenvalue weighted by Gasteiger charge is 1.89. The van der Waals surface area contributed by atoms with Gasteiger partial charge in [0, 0.05) is 5.69 Å². The molecule has 9 heavy (non-hydrogen) atoms. The van der Waals surface area contributed by atoms with E-state index in [1.54, 1.807) is 6.07 Å². The van der Waals surface area contributed by atoms with Gasteiger partial charge in [-0.05, 0) is 25.1 Å². The first-order chi connectivity index (χ1) is 4.33. The molecule has 0 aliphatic carbocycles. The lowest BCUT2D eigenvalue weighted by Gasteiger charge is -1.92. The molecule has 1 nitrogen and oxygen atoms in total. The normalized spacial score (nSPS) is 9.56. The van der Waals surface area contributed by atoms with Crippen LogP contribution in [0.1, 0.15) is 11.4 Å². The van der Waals surface area contributed by atoms with Gasteiger partial charge in [0.1, 0.15) is 0 Å². The molecule has 0 unspecified atom stereocenters. The standard InChI is InChI=1S/C7H7ClN/c1-6-3-2-4-7(5-8)9-6/h3-4H,5H2,1H3. The number of halogens is 1. The SMILES string of the molecule is Cc1c[c]cc(CCl)n1. The summed E-state index contributed by atoms with van der Waals surface area (Å²) in [7, 11) is 0. The van der Waals surface area contributed by atoms with Gasteiger partial charge in [0.05, 0.1) is 11.6 Å². The van der Waals surface area contributed by atoms with Crippen LogP contribution in [0.4, 0.5) is 0 Å². The van der Waals surface area contributed by atoms with Gasteiger partial charge >= 0.3 is 0 Å². The second kappa shape index (κ2) is 2.83. The van der Waals surface area contributed by atoms with Gasteiger partial charge in [-0.1, -0.05) is 0 Å². The second-order valence-electron chi connectivity index (χ2n) is 1.83. The minimum absolute atomic E-state index is 0.470. The number of aromatic nitrogens is 1. The Labute approximate surface area is 59.7 Å². The Morgan fingerprint density at radius 3 is 2.89 bits per heavy atom. The zero-order chi connectivity index (χ0) is 6.69. The first kappa shape index (κ1) is 6.56. The van der Waals surface area contributed by atoms with E-state index < -0.39 is 0 Å². The lowest BCUT2D eigenvalue weighted by molar-refractivity contribution is 1.10. The molecule has 1 aromatic heterocycles. The highest BCUT2D eigenvalue weighted by molar-refractivity contribution is 6.16. The van der Waals surface area contributed by atoms with Crippen LogP contribution in [0.5, 0.6) is 0 Å². The van der Waals surface area contributed by atoms with Crippen molar-refractivity contribution in [2.75, 3.05) is 0 Å². The van der Waals surface area contributed by atoms with Crippen molar-refractivity contribution >= 4 is 11.6 Å². The van der Waals surface area contributed by atoms with Gasteiger partial charge in [-0.3, -0.25) is 4.98 Å². The summed E-state index contributed by atoms with van der Waals surface area (Å²) in [6, 6.07) is 6.55. The number of aryl methyl sites for hydroxylation is 1. The first-order valence-corrected chi connectivity index (χ1v) is 3.26.